The number of nitrogens with one attached hydrogen (secondary N) is 1. The molecular formula is C12H18ClNO. The Bertz CT molecular complexity index is 325. The SMILES string of the molecule is CC1(O)CCCc2ccccc2NC1.Cl. The first-order valence-electron chi connectivity index (χ1n) is 5.22. The fraction of sp³-hybridized carbons (Fsp3) is 0.500. The number of aliphatic hydroxyl groups is 1. The van der Waals surface area contributed by atoms with E-state index >= 15 is 0 Å². The first-order chi connectivity index (χ1) is 6.67. The van der Waals surface area contributed by atoms with Gasteiger partial charge < -0.3 is 10.4 Å². The molecule has 84 valence electrons. The van der Waals surface area contributed by atoms with Crippen LogP contribution in [0.15, 0.2) is 24.3 Å². The van der Waals surface area contributed by atoms with Crippen LogP contribution in [-0.4, -0.2) is 17.3 Å². The molecule has 2 N–H and O–H groups in total. The molecule has 1 heterocycles. The van der Waals surface area contributed by atoms with E-state index in [0.29, 0.717) is 6.54 Å². The van der Waals surface area contributed by atoms with Gasteiger partial charge in [-0.3, -0.25) is 0 Å². The van der Waals surface area contributed by atoms with Crippen molar-refractivity contribution in [2.45, 2.75) is 31.8 Å². The third-order valence-electron chi connectivity index (χ3n) is 2.84. The maximum absolute atomic E-state index is 9.94. The normalized spacial score (nSPS) is 25.2. The zero-order valence-electron chi connectivity index (χ0n) is 8.99. The number of benzene rings is 1. The number of anilines is 1. The van der Waals surface area contributed by atoms with Crippen molar-refractivity contribution in [1.82, 2.24) is 0 Å². The zero-order chi connectivity index (χ0) is 10.0. The molecule has 1 atom stereocenters. The standard InChI is InChI=1S/C12H17NO.ClH/c1-12(14)8-4-6-10-5-2-3-7-11(10)13-9-12;/h2-3,5,7,13-14H,4,6,8-9H2,1H3;1H. The Kier molecular flexibility index (Phi) is 4.00. The highest BCUT2D eigenvalue weighted by molar-refractivity contribution is 5.85. The van der Waals surface area contributed by atoms with Gasteiger partial charge >= 0.3 is 0 Å². The Morgan fingerprint density at radius 1 is 1.33 bits per heavy atom. The lowest BCUT2D eigenvalue weighted by Crippen LogP contribution is -2.34. The van der Waals surface area contributed by atoms with Gasteiger partial charge in [0, 0.05) is 12.2 Å². The molecule has 1 aliphatic heterocycles. The van der Waals surface area contributed by atoms with Crippen molar-refractivity contribution >= 4 is 18.1 Å². The zero-order valence-corrected chi connectivity index (χ0v) is 9.81. The summed E-state index contributed by atoms with van der Waals surface area (Å²) in [6, 6.07) is 8.33. The van der Waals surface area contributed by atoms with Gasteiger partial charge in [0.05, 0.1) is 5.60 Å². The van der Waals surface area contributed by atoms with Gasteiger partial charge in [0.1, 0.15) is 0 Å². The number of aryl methyl sites for hydroxylation is 1. The molecule has 2 rings (SSSR count). The fourth-order valence-electron chi connectivity index (χ4n) is 1.94. The van der Waals surface area contributed by atoms with Gasteiger partial charge in [-0.05, 0) is 37.8 Å². The predicted molar refractivity (Wildman–Crippen MR) is 65.7 cm³/mol. The molecule has 1 unspecified atom stereocenters. The first-order valence-corrected chi connectivity index (χ1v) is 5.22. The van der Waals surface area contributed by atoms with Gasteiger partial charge in [-0.1, -0.05) is 18.2 Å². The van der Waals surface area contributed by atoms with Crippen LogP contribution < -0.4 is 5.32 Å². The number of hydrogen-bond acceptors (Lipinski definition) is 2. The number of rotatable bonds is 0. The minimum atomic E-state index is -0.562. The summed E-state index contributed by atoms with van der Waals surface area (Å²) in [7, 11) is 0. The second-order valence-corrected chi connectivity index (χ2v) is 4.36. The summed E-state index contributed by atoms with van der Waals surface area (Å²) >= 11 is 0. The van der Waals surface area contributed by atoms with E-state index in [1.165, 1.54) is 11.3 Å². The molecule has 1 aromatic rings. The Balaban J connectivity index is 0.00000112. The average molecular weight is 228 g/mol. The van der Waals surface area contributed by atoms with Crippen LogP contribution in [0.4, 0.5) is 5.69 Å². The Hall–Kier alpha value is -0.730. The molecule has 15 heavy (non-hydrogen) atoms. The molecule has 0 aliphatic carbocycles. The smallest absolute Gasteiger partial charge is 0.0791 e. The van der Waals surface area contributed by atoms with Gasteiger partial charge in [-0.2, -0.15) is 0 Å². The molecule has 1 aromatic carbocycles. The van der Waals surface area contributed by atoms with Gasteiger partial charge in [0.15, 0.2) is 0 Å². The lowest BCUT2D eigenvalue weighted by atomic mass is 9.94. The number of halogens is 1. The minimum absolute atomic E-state index is 0. The van der Waals surface area contributed by atoms with Crippen molar-refractivity contribution in [3.05, 3.63) is 29.8 Å². The summed E-state index contributed by atoms with van der Waals surface area (Å²) in [5.41, 5.74) is 1.98. The summed E-state index contributed by atoms with van der Waals surface area (Å²) in [6.07, 6.45) is 2.99. The molecule has 0 saturated heterocycles. The molecule has 0 aromatic heterocycles. The van der Waals surface area contributed by atoms with Crippen LogP contribution in [0.25, 0.3) is 0 Å². The Morgan fingerprint density at radius 2 is 2.07 bits per heavy atom. The van der Waals surface area contributed by atoms with Crippen molar-refractivity contribution in [2.24, 2.45) is 0 Å². The summed E-state index contributed by atoms with van der Waals surface area (Å²) in [6.45, 7) is 2.54. The highest BCUT2D eigenvalue weighted by atomic mass is 35.5. The largest absolute Gasteiger partial charge is 0.388 e. The molecule has 0 saturated carbocycles. The average Bonchev–Trinajstić information content (AvgIpc) is 2.14. The van der Waals surface area contributed by atoms with E-state index in [1.807, 2.05) is 13.0 Å². The fourth-order valence-corrected chi connectivity index (χ4v) is 1.94. The third-order valence-corrected chi connectivity index (χ3v) is 2.84. The summed E-state index contributed by atoms with van der Waals surface area (Å²) < 4.78 is 0. The van der Waals surface area contributed by atoms with Crippen LogP contribution in [0.1, 0.15) is 25.3 Å². The van der Waals surface area contributed by atoms with Crippen molar-refractivity contribution in [3.63, 3.8) is 0 Å². The topological polar surface area (TPSA) is 32.3 Å². The van der Waals surface area contributed by atoms with E-state index in [4.69, 9.17) is 0 Å². The maximum Gasteiger partial charge on any atom is 0.0791 e. The number of β-amino-alcohol motifs (C(OH)–C–C–N with tert-alkyl or cyclic N) is 1. The van der Waals surface area contributed by atoms with E-state index in [2.05, 4.69) is 23.5 Å². The minimum Gasteiger partial charge on any atom is -0.388 e. The second kappa shape index (κ2) is 4.86. The van der Waals surface area contributed by atoms with Crippen LogP contribution in [-0.2, 0) is 6.42 Å². The van der Waals surface area contributed by atoms with Gasteiger partial charge in [-0.25, -0.2) is 0 Å². The maximum atomic E-state index is 9.94. The number of para-hydroxylation sites is 1. The first kappa shape index (κ1) is 12.3. The molecule has 0 radical (unpaired) electrons. The quantitative estimate of drug-likeness (QED) is 0.714. The molecular weight excluding hydrogens is 210 g/mol. The number of hydrogen-bond donors (Lipinski definition) is 2. The lowest BCUT2D eigenvalue weighted by molar-refractivity contribution is 0.0615. The monoisotopic (exact) mass is 227 g/mol. The Morgan fingerprint density at radius 3 is 2.87 bits per heavy atom. The molecule has 0 spiro atoms. The van der Waals surface area contributed by atoms with Crippen molar-refractivity contribution in [3.8, 4) is 0 Å². The highest BCUT2D eigenvalue weighted by Crippen LogP contribution is 2.24. The molecule has 1 aliphatic rings. The van der Waals surface area contributed by atoms with Crippen LogP contribution in [0.2, 0.25) is 0 Å². The molecule has 0 amide bonds. The summed E-state index contributed by atoms with van der Waals surface area (Å²) in [5, 5.41) is 13.2. The molecule has 2 nitrogen and oxygen atoms in total. The van der Waals surface area contributed by atoms with Crippen LogP contribution in [0.3, 0.4) is 0 Å². The van der Waals surface area contributed by atoms with Crippen molar-refractivity contribution in [2.75, 3.05) is 11.9 Å². The second-order valence-electron chi connectivity index (χ2n) is 4.36. The van der Waals surface area contributed by atoms with Crippen molar-refractivity contribution in [1.29, 1.82) is 0 Å². The third kappa shape index (κ3) is 3.11. The van der Waals surface area contributed by atoms with Crippen LogP contribution in [0.5, 0.6) is 0 Å². The molecule has 0 fully saturated rings. The van der Waals surface area contributed by atoms with E-state index in [1.54, 1.807) is 0 Å². The molecule has 3 heteroatoms. The lowest BCUT2D eigenvalue weighted by Gasteiger charge is -2.27. The van der Waals surface area contributed by atoms with E-state index in [0.717, 1.165) is 19.3 Å². The van der Waals surface area contributed by atoms with Gasteiger partial charge in [0.25, 0.3) is 0 Å². The van der Waals surface area contributed by atoms with E-state index in [-0.39, 0.29) is 12.4 Å². The van der Waals surface area contributed by atoms with Gasteiger partial charge in [-0.15, -0.1) is 12.4 Å². The van der Waals surface area contributed by atoms with Crippen LogP contribution in [0, 0.1) is 0 Å². The van der Waals surface area contributed by atoms with Crippen molar-refractivity contribution < 1.29 is 5.11 Å². The van der Waals surface area contributed by atoms with Gasteiger partial charge in [0.2, 0.25) is 0 Å². The predicted octanol–water partition coefficient (Wildman–Crippen LogP) is 2.61. The molecule has 0 bridgehead atoms. The summed E-state index contributed by atoms with van der Waals surface area (Å²) in [5.74, 6) is 0. The highest BCUT2D eigenvalue weighted by Gasteiger charge is 2.22. The Labute approximate surface area is 97.1 Å². The summed E-state index contributed by atoms with van der Waals surface area (Å²) in [4.78, 5) is 0. The van der Waals surface area contributed by atoms with Crippen LogP contribution >= 0.6 is 12.4 Å². The number of fused-ring (bicyclic) bond motifs is 1. The van der Waals surface area contributed by atoms with E-state index in [9.17, 15) is 5.11 Å². The van der Waals surface area contributed by atoms with E-state index < -0.39 is 5.60 Å².